The van der Waals surface area contributed by atoms with Crippen molar-refractivity contribution in [2.75, 3.05) is 19.7 Å². The number of aromatic nitrogens is 1. The van der Waals surface area contributed by atoms with Crippen LogP contribution >= 0.6 is 11.6 Å². The van der Waals surface area contributed by atoms with E-state index in [9.17, 15) is 13.2 Å². The van der Waals surface area contributed by atoms with Crippen LogP contribution in [0.5, 0.6) is 0 Å². The summed E-state index contributed by atoms with van der Waals surface area (Å²) >= 11 is 5.72. The van der Waals surface area contributed by atoms with Gasteiger partial charge in [-0.15, -0.1) is 0 Å². The number of nitrogens with one attached hydrogen (secondary N) is 1. The zero-order chi connectivity index (χ0) is 20.4. The van der Waals surface area contributed by atoms with Crippen LogP contribution in [0.3, 0.4) is 0 Å². The Balaban J connectivity index is 1.58. The Kier molecular flexibility index (Phi) is 6.61. The Morgan fingerprint density at radius 3 is 2.79 bits per heavy atom. The maximum Gasteiger partial charge on any atom is 0.244 e. The third kappa shape index (κ3) is 5.21. The lowest BCUT2D eigenvalue weighted by Gasteiger charge is -2.34. The van der Waals surface area contributed by atoms with Gasteiger partial charge in [-0.05, 0) is 51.7 Å². The van der Waals surface area contributed by atoms with Crippen LogP contribution in [0.15, 0.2) is 23.2 Å². The highest BCUT2D eigenvalue weighted by Crippen LogP contribution is 2.26. The van der Waals surface area contributed by atoms with Gasteiger partial charge in [0.05, 0.1) is 5.92 Å². The van der Waals surface area contributed by atoms with Gasteiger partial charge in [-0.3, -0.25) is 4.79 Å². The molecule has 0 spiro atoms. The summed E-state index contributed by atoms with van der Waals surface area (Å²) in [5.74, 6) is -0.669. The van der Waals surface area contributed by atoms with Crippen molar-refractivity contribution < 1.29 is 22.7 Å². The van der Waals surface area contributed by atoms with E-state index in [2.05, 4.69) is 10.3 Å². The molecule has 156 valence electrons. The van der Waals surface area contributed by atoms with Crippen LogP contribution in [0.2, 0.25) is 5.15 Å². The van der Waals surface area contributed by atoms with Crippen LogP contribution in [0, 0.1) is 5.92 Å². The zero-order valence-electron chi connectivity index (χ0n) is 16.1. The van der Waals surface area contributed by atoms with Gasteiger partial charge >= 0.3 is 0 Å². The van der Waals surface area contributed by atoms with Crippen molar-refractivity contribution in [2.24, 2.45) is 5.92 Å². The van der Waals surface area contributed by atoms with Crippen LogP contribution in [-0.4, -0.2) is 55.3 Å². The van der Waals surface area contributed by atoms with Gasteiger partial charge in [0.25, 0.3) is 0 Å². The topological polar surface area (TPSA) is 97.8 Å². The summed E-state index contributed by atoms with van der Waals surface area (Å²) in [6, 6.07) is 2.85. The summed E-state index contributed by atoms with van der Waals surface area (Å²) in [5, 5.41) is 3.10. The maximum absolute atomic E-state index is 12.7. The van der Waals surface area contributed by atoms with Crippen LogP contribution in [0.25, 0.3) is 0 Å². The van der Waals surface area contributed by atoms with Crippen molar-refractivity contribution in [1.82, 2.24) is 14.6 Å². The second-order valence-electron chi connectivity index (χ2n) is 7.58. The van der Waals surface area contributed by atoms with E-state index >= 15 is 0 Å². The molecule has 2 saturated heterocycles. The number of hydrogen-bond donors (Lipinski definition) is 1. The number of nitrogens with zero attached hydrogens (tertiary/aromatic N) is 2. The summed E-state index contributed by atoms with van der Waals surface area (Å²) < 4.78 is 38.2. The van der Waals surface area contributed by atoms with Gasteiger partial charge in [0, 0.05) is 25.9 Å². The number of amides is 1. The van der Waals surface area contributed by atoms with Crippen LogP contribution in [0.1, 0.15) is 39.5 Å². The molecule has 0 saturated carbocycles. The molecule has 1 amide bonds. The number of ether oxygens (including phenoxy) is 2. The molecule has 2 aliphatic rings. The predicted molar refractivity (Wildman–Crippen MR) is 103 cm³/mol. The average Bonchev–Trinajstić information content (AvgIpc) is 3.13. The Morgan fingerprint density at radius 1 is 1.36 bits per heavy atom. The maximum atomic E-state index is 12.7. The van der Waals surface area contributed by atoms with Gasteiger partial charge in [0.1, 0.15) is 15.8 Å². The van der Waals surface area contributed by atoms with Gasteiger partial charge in [-0.1, -0.05) is 11.6 Å². The summed E-state index contributed by atoms with van der Waals surface area (Å²) in [6.07, 6.45) is 4.19. The standard InChI is InChI=1S/C18H26ClN3O5S/c1-18(2,27-16-5-3-4-10-26-16)21-17(23)13-8-9-22(12-13)28(24,25)14-6-7-15(19)20-11-14/h6-7,11,13,16H,3-5,8-10,12H2,1-2H3,(H,21,23)/t13-,16?/m0/s1. The highest BCUT2D eigenvalue weighted by Gasteiger charge is 2.38. The monoisotopic (exact) mass is 431 g/mol. The van der Waals surface area contributed by atoms with E-state index in [0.29, 0.717) is 13.0 Å². The molecule has 8 nitrogen and oxygen atoms in total. The van der Waals surface area contributed by atoms with Crippen LogP contribution in [-0.2, 0) is 24.3 Å². The first-order chi connectivity index (χ1) is 13.2. The molecule has 3 heterocycles. The van der Waals surface area contributed by atoms with Crippen molar-refractivity contribution in [3.05, 3.63) is 23.5 Å². The van der Waals surface area contributed by atoms with Crippen molar-refractivity contribution in [2.45, 2.75) is 56.4 Å². The lowest BCUT2D eigenvalue weighted by molar-refractivity contribution is -0.223. The van der Waals surface area contributed by atoms with Crippen molar-refractivity contribution >= 4 is 27.5 Å². The summed E-state index contributed by atoms with van der Waals surface area (Å²) in [7, 11) is -3.71. The van der Waals surface area contributed by atoms with E-state index in [0.717, 1.165) is 19.3 Å². The fourth-order valence-corrected chi connectivity index (χ4v) is 4.94. The van der Waals surface area contributed by atoms with Crippen LogP contribution in [0.4, 0.5) is 0 Å². The predicted octanol–water partition coefficient (Wildman–Crippen LogP) is 2.14. The van der Waals surface area contributed by atoms with Crippen molar-refractivity contribution in [1.29, 1.82) is 0 Å². The fraction of sp³-hybridized carbons (Fsp3) is 0.667. The largest absolute Gasteiger partial charge is 0.353 e. The third-order valence-corrected chi connectivity index (χ3v) is 6.92. The minimum Gasteiger partial charge on any atom is -0.353 e. The first-order valence-electron chi connectivity index (χ1n) is 9.40. The molecule has 1 N–H and O–H groups in total. The number of pyridine rings is 1. The van der Waals surface area contributed by atoms with Crippen molar-refractivity contribution in [3.63, 3.8) is 0 Å². The first kappa shape index (κ1) is 21.4. The Morgan fingerprint density at radius 2 is 2.14 bits per heavy atom. The molecule has 0 aromatic carbocycles. The Hall–Kier alpha value is -1.26. The van der Waals surface area contributed by atoms with E-state index in [4.69, 9.17) is 21.1 Å². The molecular weight excluding hydrogens is 406 g/mol. The molecule has 1 unspecified atom stereocenters. The first-order valence-corrected chi connectivity index (χ1v) is 11.2. The van der Waals surface area contributed by atoms with E-state index < -0.39 is 21.7 Å². The van der Waals surface area contributed by atoms with Gasteiger partial charge in [0.15, 0.2) is 6.29 Å². The number of carbonyl (C=O) groups is 1. The normalized spacial score (nSPS) is 24.2. The minimum absolute atomic E-state index is 0.0658. The summed E-state index contributed by atoms with van der Waals surface area (Å²) in [4.78, 5) is 16.6. The molecule has 2 fully saturated rings. The lowest BCUT2D eigenvalue weighted by Crippen LogP contribution is -2.50. The number of hydrogen-bond acceptors (Lipinski definition) is 6. The molecule has 0 bridgehead atoms. The second kappa shape index (κ2) is 8.62. The number of carbonyl (C=O) groups excluding carboxylic acids is 1. The second-order valence-corrected chi connectivity index (χ2v) is 9.90. The lowest BCUT2D eigenvalue weighted by atomic mass is 10.1. The van der Waals surface area contributed by atoms with Gasteiger partial charge in [0.2, 0.25) is 15.9 Å². The molecule has 1 aromatic heterocycles. The molecule has 10 heteroatoms. The Bertz CT molecular complexity index is 794. The molecule has 0 aliphatic carbocycles. The zero-order valence-corrected chi connectivity index (χ0v) is 17.6. The number of rotatable bonds is 6. The van der Waals surface area contributed by atoms with Gasteiger partial charge in [-0.25, -0.2) is 13.4 Å². The highest BCUT2D eigenvalue weighted by atomic mass is 35.5. The fourth-order valence-electron chi connectivity index (χ4n) is 3.39. The van der Waals surface area contributed by atoms with E-state index in [1.54, 1.807) is 13.8 Å². The number of halogens is 1. The van der Waals surface area contributed by atoms with Crippen LogP contribution < -0.4 is 5.32 Å². The molecule has 0 radical (unpaired) electrons. The van der Waals surface area contributed by atoms with Crippen molar-refractivity contribution in [3.8, 4) is 0 Å². The molecule has 3 rings (SSSR count). The third-order valence-electron chi connectivity index (χ3n) is 4.85. The number of sulfonamides is 1. The summed E-state index contributed by atoms with van der Waals surface area (Å²) in [5.41, 5.74) is -0.897. The SMILES string of the molecule is CC(C)(NC(=O)[C@H]1CCN(S(=O)(=O)c2ccc(Cl)nc2)C1)OC1CCCCO1. The average molecular weight is 432 g/mol. The molecule has 2 atom stereocenters. The summed E-state index contributed by atoms with van der Waals surface area (Å²) in [6.45, 7) is 4.59. The van der Waals surface area contributed by atoms with E-state index in [-0.39, 0.29) is 35.3 Å². The molecule has 28 heavy (non-hydrogen) atoms. The molecule has 2 aliphatic heterocycles. The smallest absolute Gasteiger partial charge is 0.244 e. The van der Waals surface area contributed by atoms with E-state index in [1.165, 1.54) is 22.6 Å². The molecular formula is C18H26ClN3O5S. The minimum atomic E-state index is -3.71. The van der Waals surface area contributed by atoms with Gasteiger partial charge < -0.3 is 14.8 Å². The Labute approximate surface area is 170 Å². The quantitative estimate of drug-likeness (QED) is 0.547. The van der Waals surface area contributed by atoms with E-state index in [1.807, 2.05) is 0 Å². The molecule has 1 aromatic rings. The van der Waals surface area contributed by atoms with Gasteiger partial charge in [-0.2, -0.15) is 4.31 Å². The highest BCUT2D eigenvalue weighted by molar-refractivity contribution is 7.89.